The molecular weight excluding hydrogens is 417 g/mol. The molecule has 0 unspecified atom stereocenters. The first-order chi connectivity index (χ1) is 13.7. The molecule has 0 saturated heterocycles. The number of hydrogen-bond acceptors (Lipinski definition) is 2. The van der Waals surface area contributed by atoms with E-state index in [4.69, 9.17) is 4.74 Å². The van der Waals surface area contributed by atoms with Gasteiger partial charge in [-0.3, -0.25) is 5.32 Å². The van der Waals surface area contributed by atoms with Crippen LogP contribution < -0.4 is 10.1 Å². The van der Waals surface area contributed by atoms with Crippen LogP contribution in [0.15, 0.2) is 89.4 Å². The highest BCUT2D eigenvalue weighted by Crippen LogP contribution is 2.42. The molecule has 5 rings (SSSR count). The van der Waals surface area contributed by atoms with Crippen molar-refractivity contribution in [2.45, 2.75) is 12.3 Å². The smallest absolute Gasteiger partial charge is 0.177 e. The van der Waals surface area contributed by atoms with Crippen molar-refractivity contribution >= 4 is 26.7 Å². The molecule has 1 aliphatic heterocycles. The Balaban J connectivity index is 1.69. The van der Waals surface area contributed by atoms with Crippen molar-refractivity contribution in [2.75, 3.05) is 0 Å². The molecule has 1 aliphatic rings. The summed E-state index contributed by atoms with van der Waals surface area (Å²) in [5.74, 6) is 0.606. The SMILES string of the molecule is Fc1ccc([C@@H]2N[C@@H](c3cccc(Br)c3)Oc3ccc4ccccc4c32)cc1. The van der Waals surface area contributed by atoms with E-state index < -0.39 is 0 Å². The van der Waals surface area contributed by atoms with Gasteiger partial charge in [-0.2, -0.15) is 0 Å². The fraction of sp³-hybridized carbons (Fsp3) is 0.0833. The van der Waals surface area contributed by atoms with E-state index in [9.17, 15) is 4.39 Å². The van der Waals surface area contributed by atoms with E-state index in [1.165, 1.54) is 12.1 Å². The van der Waals surface area contributed by atoms with E-state index in [-0.39, 0.29) is 18.1 Å². The minimum absolute atomic E-state index is 0.112. The molecule has 0 radical (unpaired) electrons. The summed E-state index contributed by atoms with van der Waals surface area (Å²) in [6.07, 6.45) is -0.304. The summed E-state index contributed by atoms with van der Waals surface area (Å²) in [5, 5.41) is 5.90. The van der Waals surface area contributed by atoms with Crippen molar-refractivity contribution in [2.24, 2.45) is 0 Å². The van der Waals surface area contributed by atoms with Gasteiger partial charge in [-0.1, -0.05) is 70.5 Å². The minimum atomic E-state index is -0.304. The third-order valence-corrected chi connectivity index (χ3v) is 5.63. The fourth-order valence-electron chi connectivity index (χ4n) is 3.82. The second kappa shape index (κ2) is 7.04. The highest BCUT2D eigenvalue weighted by atomic mass is 79.9. The zero-order valence-electron chi connectivity index (χ0n) is 14.9. The predicted molar refractivity (Wildman–Crippen MR) is 113 cm³/mol. The highest BCUT2D eigenvalue weighted by Gasteiger charge is 2.31. The van der Waals surface area contributed by atoms with E-state index in [0.29, 0.717) is 0 Å². The van der Waals surface area contributed by atoms with E-state index in [2.05, 4.69) is 39.4 Å². The molecule has 0 aromatic heterocycles. The third-order valence-electron chi connectivity index (χ3n) is 5.14. The van der Waals surface area contributed by atoms with Gasteiger partial charge in [0.15, 0.2) is 6.23 Å². The lowest BCUT2D eigenvalue weighted by Crippen LogP contribution is -2.35. The Hall–Kier alpha value is -2.69. The van der Waals surface area contributed by atoms with Gasteiger partial charge >= 0.3 is 0 Å². The van der Waals surface area contributed by atoms with E-state index >= 15 is 0 Å². The van der Waals surface area contributed by atoms with Gasteiger partial charge in [0, 0.05) is 15.6 Å². The molecule has 2 nitrogen and oxygen atoms in total. The Bertz CT molecular complexity index is 1160. The molecule has 4 aromatic carbocycles. The maximum atomic E-state index is 13.5. The number of benzene rings is 4. The third kappa shape index (κ3) is 3.09. The number of nitrogens with one attached hydrogen (secondary N) is 1. The lowest BCUT2D eigenvalue weighted by Gasteiger charge is -2.35. The number of ether oxygens (including phenoxy) is 1. The monoisotopic (exact) mass is 433 g/mol. The van der Waals surface area contributed by atoms with Gasteiger partial charge in [0.2, 0.25) is 0 Å². The summed E-state index contributed by atoms with van der Waals surface area (Å²) in [6.45, 7) is 0. The molecule has 0 bridgehead atoms. The summed E-state index contributed by atoms with van der Waals surface area (Å²) in [4.78, 5) is 0. The number of hydrogen-bond donors (Lipinski definition) is 1. The van der Waals surface area contributed by atoms with Crippen LogP contribution in [-0.4, -0.2) is 0 Å². The van der Waals surface area contributed by atoms with Crippen LogP contribution in [0.4, 0.5) is 4.39 Å². The Labute approximate surface area is 171 Å². The summed E-state index contributed by atoms with van der Waals surface area (Å²) >= 11 is 3.54. The summed E-state index contributed by atoms with van der Waals surface area (Å²) in [7, 11) is 0. The van der Waals surface area contributed by atoms with Crippen LogP contribution in [0, 0.1) is 5.82 Å². The second-order valence-electron chi connectivity index (χ2n) is 6.90. The summed E-state index contributed by atoms with van der Waals surface area (Å²) < 4.78 is 20.9. The van der Waals surface area contributed by atoms with Crippen molar-refractivity contribution in [3.8, 4) is 5.75 Å². The van der Waals surface area contributed by atoms with Crippen LogP contribution in [0.2, 0.25) is 0 Å². The van der Waals surface area contributed by atoms with Gasteiger partial charge < -0.3 is 4.74 Å². The lowest BCUT2D eigenvalue weighted by molar-refractivity contribution is 0.133. The Morgan fingerprint density at radius 2 is 1.64 bits per heavy atom. The first-order valence-corrected chi connectivity index (χ1v) is 9.93. The maximum Gasteiger partial charge on any atom is 0.177 e. The van der Waals surface area contributed by atoms with Gasteiger partial charge in [-0.25, -0.2) is 4.39 Å². The number of halogens is 2. The molecule has 4 aromatic rings. The summed E-state index contributed by atoms with van der Waals surface area (Å²) in [6, 6.07) is 27.0. The quantitative estimate of drug-likeness (QED) is 0.388. The molecule has 0 saturated carbocycles. The van der Waals surface area contributed by atoms with Crippen LogP contribution in [0.1, 0.15) is 29.0 Å². The van der Waals surface area contributed by atoms with Crippen molar-refractivity contribution in [1.82, 2.24) is 5.32 Å². The molecule has 0 fully saturated rings. The zero-order chi connectivity index (χ0) is 19.1. The van der Waals surface area contributed by atoms with Gasteiger partial charge in [-0.05, 0) is 46.7 Å². The summed E-state index contributed by atoms with van der Waals surface area (Å²) in [5.41, 5.74) is 3.11. The molecular formula is C24H17BrFNO. The second-order valence-corrected chi connectivity index (χ2v) is 7.82. The van der Waals surface area contributed by atoms with Crippen molar-refractivity contribution in [1.29, 1.82) is 0 Å². The number of rotatable bonds is 2. The maximum absolute atomic E-state index is 13.5. The highest BCUT2D eigenvalue weighted by molar-refractivity contribution is 9.10. The van der Waals surface area contributed by atoms with E-state index in [0.717, 1.165) is 37.7 Å². The standard InChI is InChI=1S/C24H17BrFNO/c25-18-6-3-5-17(14-18)24-27-23(16-8-11-19(26)12-9-16)22-20-7-2-1-4-15(20)10-13-21(22)28-24/h1-14,23-24,27H/t23-,24+/m0/s1. The van der Waals surface area contributed by atoms with E-state index in [1.807, 2.05) is 54.6 Å². The van der Waals surface area contributed by atoms with Crippen molar-refractivity contribution < 1.29 is 9.13 Å². The Morgan fingerprint density at radius 1 is 0.821 bits per heavy atom. The predicted octanol–water partition coefficient (Wildman–Crippen LogP) is 6.51. The van der Waals surface area contributed by atoms with Crippen molar-refractivity contribution in [3.63, 3.8) is 0 Å². The van der Waals surface area contributed by atoms with Gasteiger partial charge in [0.05, 0.1) is 6.04 Å². The molecule has 0 aliphatic carbocycles. The van der Waals surface area contributed by atoms with Gasteiger partial charge in [0.1, 0.15) is 11.6 Å². The normalized spacial score (nSPS) is 18.5. The largest absolute Gasteiger partial charge is 0.471 e. The van der Waals surface area contributed by atoms with Crippen LogP contribution >= 0.6 is 15.9 Å². The topological polar surface area (TPSA) is 21.3 Å². The van der Waals surface area contributed by atoms with Crippen LogP contribution in [0.5, 0.6) is 5.75 Å². The van der Waals surface area contributed by atoms with Gasteiger partial charge in [0.25, 0.3) is 0 Å². The molecule has 0 amide bonds. The van der Waals surface area contributed by atoms with E-state index in [1.54, 1.807) is 0 Å². The van der Waals surface area contributed by atoms with Crippen molar-refractivity contribution in [3.05, 3.63) is 112 Å². The fourth-order valence-corrected chi connectivity index (χ4v) is 4.24. The van der Waals surface area contributed by atoms with Crippen LogP contribution in [0.3, 0.4) is 0 Å². The van der Waals surface area contributed by atoms with Crippen LogP contribution in [0.25, 0.3) is 10.8 Å². The Morgan fingerprint density at radius 3 is 2.46 bits per heavy atom. The molecule has 1 heterocycles. The minimum Gasteiger partial charge on any atom is -0.471 e. The zero-order valence-corrected chi connectivity index (χ0v) is 16.5. The molecule has 2 atom stereocenters. The van der Waals surface area contributed by atoms with Gasteiger partial charge in [-0.15, -0.1) is 0 Å². The molecule has 28 heavy (non-hydrogen) atoms. The average molecular weight is 434 g/mol. The lowest BCUT2D eigenvalue weighted by atomic mass is 9.91. The first-order valence-electron chi connectivity index (χ1n) is 9.14. The Kier molecular flexibility index (Phi) is 4.38. The first kappa shape index (κ1) is 17.4. The molecule has 138 valence electrons. The average Bonchev–Trinajstić information content (AvgIpc) is 2.73. The molecule has 0 spiro atoms. The molecule has 4 heteroatoms. The number of fused-ring (bicyclic) bond motifs is 3. The molecule has 1 N–H and O–H groups in total. The van der Waals surface area contributed by atoms with Crippen LogP contribution in [-0.2, 0) is 0 Å².